The Kier molecular flexibility index (Phi) is 3.69. The van der Waals surface area contributed by atoms with Crippen LogP contribution in [0, 0.1) is 17.8 Å². The number of allylic oxidation sites excluding steroid dienone is 7. The number of hydrogen-bond donors (Lipinski definition) is 2. The minimum Gasteiger partial charge on any atom is -0.390 e. The molecule has 0 spiro atoms. The van der Waals surface area contributed by atoms with Gasteiger partial charge in [-0.15, -0.1) is 0 Å². The van der Waals surface area contributed by atoms with Crippen LogP contribution in [0.25, 0.3) is 0 Å². The van der Waals surface area contributed by atoms with Crippen LogP contribution < -0.4 is 10.7 Å². The van der Waals surface area contributed by atoms with Crippen LogP contribution in [0.5, 0.6) is 0 Å². The first-order chi connectivity index (χ1) is 12.6. The predicted octanol–water partition coefficient (Wildman–Crippen LogP) is 3.49. The molecule has 0 saturated carbocycles. The van der Waals surface area contributed by atoms with Crippen molar-refractivity contribution in [3.05, 3.63) is 47.1 Å². The zero-order valence-corrected chi connectivity index (χ0v) is 14.9. The Balaban J connectivity index is 1.43. The molecule has 4 nitrogen and oxygen atoms in total. The van der Waals surface area contributed by atoms with Gasteiger partial charge in [-0.1, -0.05) is 12.2 Å². The Labute approximate surface area is 152 Å². The van der Waals surface area contributed by atoms with E-state index in [2.05, 4.69) is 20.7 Å². The van der Waals surface area contributed by atoms with Crippen molar-refractivity contribution in [2.75, 3.05) is 6.54 Å². The van der Waals surface area contributed by atoms with Gasteiger partial charge in [0.25, 0.3) is 0 Å². The number of hydrazone groups is 1. The van der Waals surface area contributed by atoms with Gasteiger partial charge in [-0.25, -0.2) is 8.78 Å². The van der Waals surface area contributed by atoms with E-state index in [1.165, 1.54) is 11.6 Å². The Hall–Kier alpha value is -2.11. The molecule has 3 heterocycles. The van der Waals surface area contributed by atoms with Crippen LogP contribution in [0.3, 0.4) is 0 Å². The Morgan fingerprint density at radius 2 is 2.15 bits per heavy atom. The average Bonchev–Trinajstić information content (AvgIpc) is 3.03. The van der Waals surface area contributed by atoms with Crippen LogP contribution in [-0.4, -0.2) is 29.6 Å². The van der Waals surface area contributed by atoms with Crippen molar-refractivity contribution in [2.24, 2.45) is 22.9 Å². The summed E-state index contributed by atoms with van der Waals surface area (Å²) in [5.41, 5.74) is 6.32. The topological polar surface area (TPSA) is 39.7 Å². The van der Waals surface area contributed by atoms with E-state index >= 15 is 4.39 Å². The van der Waals surface area contributed by atoms with Crippen LogP contribution in [-0.2, 0) is 0 Å². The molecule has 0 aromatic heterocycles. The highest BCUT2D eigenvalue weighted by atomic mass is 19.1. The highest BCUT2D eigenvalue weighted by Gasteiger charge is 2.45. The van der Waals surface area contributed by atoms with Gasteiger partial charge >= 0.3 is 0 Å². The van der Waals surface area contributed by atoms with E-state index in [0.29, 0.717) is 18.5 Å². The second kappa shape index (κ2) is 5.96. The fraction of sp³-hybridized carbons (Fsp3) is 0.550. The van der Waals surface area contributed by atoms with Gasteiger partial charge in [-0.05, 0) is 49.7 Å². The van der Waals surface area contributed by atoms with E-state index in [-0.39, 0.29) is 29.7 Å². The SMILES string of the molecule is CC1=NN[C@H]2CCC3=C(C[C@H](F)[C@H](C4CNC=C5C(F)=CC=C[C@H]54)C3)N12. The first-order valence-electron chi connectivity index (χ1n) is 9.55. The number of amidine groups is 1. The number of halogens is 2. The van der Waals surface area contributed by atoms with Crippen LogP contribution in [0.2, 0.25) is 0 Å². The van der Waals surface area contributed by atoms with E-state index in [0.717, 1.165) is 30.8 Å². The summed E-state index contributed by atoms with van der Waals surface area (Å²) >= 11 is 0. The van der Waals surface area contributed by atoms with Gasteiger partial charge in [-0.2, -0.15) is 5.10 Å². The van der Waals surface area contributed by atoms with E-state index in [1.807, 2.05) is 13.0 Å². The lowest BCUT2D eigenvalue weighted by Gasteiger charge is -2.45. The third-order valence-electron chi connectivity index (χ3n) is 6.61. The zero-order chi connectivity index (χ0) is 17.8. The van der Waals surface area contributed by atoms with Crippen molar-refractivity contribution in [3.63, 3.8) is 0 Å². The van der Waals surface area contributed by atoms with Gasteiger partial charge in [0.2, 0.25) is 0 Å². The lowest BCUT2D eigenvalue weighted by Crippen LogP contribution is -2.47. The second-order valence-corrected chi connectivity index (χ2v) is 7.95. The van der Waals surface area contributed by atoms with Crippen molar-refractivity contribution < 1.29 is 8.78 Å². The monoisotopic (exact) mass is 358 g/mol. The largest absolute Gasteiger partial charge is 0.390 e. The Morgan fingerprint density at radius 3 is 3.04 bits per heavy atom. The molecule has 0 radical (unpaired) electrons. The number of nitrogens with one attached hydrogen (secondary N) is 2. The molecule has 6 heteroatoms. The second-order valence-electron chi connectivity index (χ2n) is 7.95. The number of hydrogen-bond acceptors (Lipinski definition) is 4. The summed E-state index contributed by atoms with van der Waals surface area (Å²) in [6, 6.07) is 0. The highest BCUT2D eigenvalue weighted by molar-refractivity contribution is 5.83. The molecule has 26 heavy (non-hydrogen) atoms. The molecule has 1 unspecified atom stereocenters. The fourth-order valence-corrected chi connectivity index (χ4v) is 5.35. The number of alkyl halides is 1. The summed E-state index contributed by atoms with van der Waals surface area (Å²) in [5, 5.41) is 7.53. The molecule has 5 rings (SSSR count). The molecule has 0 amide bonds. The van der Waals surface area contributed by atoms with Crippen molar-refractivity contribution in [3.8, 4) is 0 Å². The predicted molar refractivity (Wildman–Crippen MR) is 97.1 cm³/mol. The molecule has 0 aromatic carbocycles. The third-order valence-corrected chi connectivity index (χ3v) is 6.61. The normalized spacial score (nSPS) is 38.3. The van der Waals surface area contributed by atoms with Crippen LogP contribution in [0.4, 0.5) is 8.78 Å². The van der Waals surface area contributed by atoms with Gasteiger partial charge in [0, 0.05) is 36.4 Å². The molecule has 0 saturated heterocycles. The molecule has 0 bridgehead atoms. The van der Waals surface area contributed by atoms with Crippen molar-refractivity contribution in [1.82, 2.24) is 15.6 Å². The molecule has 2 aliphatic carbocycles. The summed E-state index contributed by atoms with van der Waals surface area (Å²) in [6.45, 7) is 2.68. The van der Waals surface area contributed by atoms with Crippen molar-refractivity contribution in [1.29, 1.82) is 0 Å². The number of fused-ring (bicyclic) bond motifs is 3. The first kappa shape index (κ1) is 16.1. The molecular formula is C20H24F2N4. The summed E-state index contributed by atoms with van der Waals surface area (Å²) < 4.78 is 29.5. The zero-order valence-electron chi connectivity index (χ0n) is 14.9. The van der Waals surface area contributed by atoms with Crippen molar-refractivity contribution >= 4 is 5.84 Å². The molecule has 3 aliphatic heterocycles. The van der Waals surface area contributed by atoms with E-state index in [9.17, 15) is 4.39 Å². The first-order valence-corrected chi connectivity index (χ1v) is 9.55. The highest BCUT2D eigenvalue weighted by Crippen LogP contribution is 2.47. The molecule has 0 aromatic rings. The average molecular weight is 358 g/mol. The quantitative estimate of drug-likeness (QED) is 0.754. The maximum absolute atomic E-state index is 15.3. The van der Waals surface area contributed by atoms with Crippen molar-refractivity contribution in [2.45, 2.75) is 44.9 Å². The summed E-state index contributed by atoms with van der Waals surface area (Å²) in [5.74, 6) is 0.713. The summed E-state index contributed by atoms with van der Waals surface area (Å²) in [7, 11) is 0. The smallest absolute Gasteiger partial charge is 0.128 e. The summed E-state index contributed by atoms with van der Waals surface area (Å²) in [6.07, 6.45) is 9.54. The van der Waals surface area contributed by atoms with Gasteiger partial charge in [-0.3, -0.25) is 5.43 Å². The van der Waals surface area contributed by atoms with Crippen LogP contribution >= 0.6 is 0 Å². The molecule has 5 atom stereocenters. The maximum atomic E-state index is 15.3. The van der Waals surface area contributed by atoms with Crippen LogP contribution in [0.1, 0.15) is 32.6 Å². The van der Waals surface area contributed by atoms with E-state index in [4.69, 9.17) is 0 Å². The Bertz CT molecular complexity index is 779. The Morgan fingerprint density at radius 1 is 1.27 bits per heavy atom. The minimum atomic E-state index is -0.908. The summed E-state index contributed by atoms with van der Waals surface area (Å²) in [4.78, 5) is 2.19. The van der Waals surface area contributed by atoms with E-state index in [1.54, 1.807) is 12.3 Å². The lowest BCUT2D eigenvalue weighted by atomic mass is 9.67. The van der Waals surface area contributed by atoms with Gasteiger partial charge in [0.1, 0.15) is 24.0 Å². The molecule has 138 valence electrons. The molecular weight excluding hydrogens is 334 g/mol. The van der Waals surface area contributed by atoms with Gasteiger partial charge in [0.05, 0.1) is 0 Å². The number of nitrogens with zero attached hydrogens (tertiary/aromatic N) is 2. The maximum Gasteiger partial charge on any atom is 0.128 e. The molecule has 0 fully saturated rings. The molecule has 2 N–H and O–H groups in total. The standard InChI is InChI=1S/C20H24F2N4/c1-11-24-25-20-6-5-12-7-14(18(22)8-19(12)26(11)20)15-9-23-10-16-13(15)3-2-4-17(16)21/h2-4,10,13-15,18,20,23,25H,5-9H2,1H3/t13-,14-,15?,18-,20+/m0/s1. The van der Waals surface area contributed by atoms with Gasteiger partial charge in [0.15, 0.2) is 0 Å². The fourth-order valence-electron chi connectivity index (χ4n) is 5.35. The minimum absolute atomic E-state index is 0.0280. The van der Waals surface area contributed by atoms with E-state index < -0.39 is 6.17 Å². The molecule has 5 aliphatic rings. The lowest BCUT2D eigenvalue weighted by molar-refractivity contribution is 0.111. The van der Waals surface area contributed by atoms with Crippen LogP contribution in [0.15, 0.2) is 52.2 Å². The number of rotatable bonds is 1. The third kappa shape index (κ3) is 2.34. The van der Waals surface area contributed by atoms with Gasteiger partial charge < -0.3 is 10.2 Å².